The summed E-state index contributed by atoms with van der Waals surface area (Å²) in [5, 5.41) is 5.68. The lowest BCUT2D eigenvalue weighted by atomic mass is 10.1. The second kappa shape index (κ2) is 7.71. The van der Waals surface area contributed by atoms with Crippen LogP contribution in [0.3, 0.4) is 0 Å². The molecular formula is C14H22N2O2. The van der Waals surface area contributed by atoms with Gasteiger partial charge in [0.2, 0.25) is 0 Å². The van der Waals surface area contributed by atoms with E-state index in [1.807, 2.05) is 24.3 Å². The molecule has 0 aliphatic carbocycles. The Kier molecular flexibility index (Phi) is 6.22. The van der Waals surface area contributed by atoms with E-state index in [1.54, 1.807) is 7.11 Å². The molecule has 0 bridgehead atoms. The lowest BCUT2D eigenvalue weighted by Crippen LogP contribution is -2.30. The first-order valence-electron chi connectivity index (χ1n) is 6.25. The van der Waals surface area contributed by atoms with Gasteiger partial charge in [-0.1, -0.05) is 32.0 Å². The number of para-hydroxylation sites is 1. The van der Waals surface area contributed by atoms with E-state index in [4.69, 9.17) is 4.74 Å². The fourth-order valence-corrected chi connectivity index (χ4v) is 1.56. The third-order valence-corrected chi connectivity index (χ3v) is 2.57. The molecule has 0 atom stereocenters. The zero-order valence-corrected chi connectivity index (χ0v) is 11.3. The highest BCUT2D eigenvalue weighted by atomic mass is 16.5. The van der Waals surface area contributed by atoms with Crippen molar-refractivity contribution in [3.05, 3.63) is 29.8 Å². The largest absolute Gasteiger partial charge is 0.380 e. The summed E-state index contributed by atoms with van der Waals surface area (Å²) in [4.78, 5) is 11.7. The number of amides is 2. The molecule has 0 fully saturated rings. The van der Waals surface area contributed by atoms with Crippen molar-refractivity contribution in [2.24, 2.45) is 5.92 Å². The number of benzene rings is 1. The first-order chi connectivity index (χ1) is 8.63. The van der Waals surface area contributed by atoms with E-state index in [0.717, 1.165) is 17.7 Å². The molecule has 0 spiro atoms. The van der Waals surface area contributed by atoms with Gasteiger partial charge in [-0.3, -0.25) is 0 Å². The van der Waals surface area contributed by atoms with Crippen LogP contribution in [0.5, 0.6) is 0 Å². The lowest BCUT2D eigenvalue weighted by molar-refractivity contribution is 0.185. The van der Waals surface area contributed by atoms with Crippen molar-refractivity contribution in [2.75, 3.05) is 19.0 Å². The predicted molar refractivity (Wildman–Crippen MR) is 73.6 cm³/mol. The molecule has 18 heavy (non-hydrogen) atoms. The van der Waals surface area contributed by atoms with Gasteiger partial charge >= 0.3 is 6.03 Å². The molecule has 0 aliphatic rings. The van der Waals surface area contributed by atoms with Crippen LogP contribution in [0.1, 0.15) is 25.8 Å². The minimum atomic E-state index is -0.167. The van der Waals surface area contributed by atoms with Crippen molar-refractivity contribution in [1.29, 1.82) is 0 Å². The maximum absolute atomic E-state index is 11.7. The monoisotopic (exact) mass is 250 g/mol. The SMILES string of the molecule is COCc1ccccc1NC(=O)NCCC(C)C. The highest BCUT2D eigenvalue weighted by Crippen LogP contribution is 2.15. The Balaban J connectivity index is 2.48. The zero-order chi connectivity index (χ0) is 13.4. The van der Waals surface area contributed by atoms with Crippen LogP contribution in [0, 0.1) is 5.92 Å². The van der Waals surface area contributed by atoms with Gasteiger partial charge in [0.15, 0.2) is 0 Å². The van der Waals surface area contributed by atoms with E-state index >= 15 is 0 Å². The number of anilines is 1. The van der Waals surface area contributed by atoms with Crippen molar-refractivity contribution in [1.82, 2.24) is 5.32 Å². The summed E-state index contributed by atoms with van der Waals surface area (Å²) in [6.45, 7) is 5.44. The number of carbonyl (C=O) groups excluding carboxylic acids is 1. The molecule has 2 amide bonds. The molecule has 4 heteroatoms. The second-order valence-corrected chi connectivity index (χ2v) is 4.65. The molecule has 4 nitrogen and oxygen atoms in total. The van der Waals surface area contributed by atoms with Crippen LogP contribution in [0.4, 0.5) is 10.5 Å². The first kappa shape index (κ1) is 14.5. The van der Waals surface area contributed by atoms with Gasteiger partial charge in [-0.2, -0.15) is 0 Å². The number of urea groups is 1. The van der Waals surface area contributed by atoms with Crippen molar-refractivity contribution in [3.63, 3.8) is 0 Å². The van der Waals surface area contributed by atoms with Gasteiger partial charge in [0, 0.05) is 24.9 Å². The standard InChI is InChI=1S/C14H22N2O2/c1-11(2)8-9-15-14(17)16-13-7-5-4-6-12(13)10-18-3/h4-7,11H,8-10H2,1-3H3,(H2,15,16,17). The molecule has 2 N–H and O–H groups in total. The van der Waals surface area contributed by atoms with Crippen molar-refractivity contribution in [3.8, 4) is 0 Å². The predicted octanol–water partition coefficient (Wildman–Crippen LogP) is 3.00. The van der Waals surface area contributed by atoms with Gasteiger partial charge in [-0.15, -0.1) is 0 Å². The molecule has 0 saturated carbocycles. The third-order valence-electron chi connectivity index (χ3n) is 2.57. The van der Waals surface area contributed by atoms with E-state index in [2.05, 4.69) is 24.5 Å². The van der Waals surface area contributed by atoms with Gasteiger partial charge in [-0.05, 0) is 18.4 Å². The topological polar surface area (TPSA) is 50.4 Å². The Bertz CT molecular complexity index is 378. The number of rotatable bonds is 6. The Hall–Kier alpha value is -1.55. The van der Waals surface area contributed by atoms with Crippen LogP contribution in [0.2, 0.25) is 0 Å². The van der Waals surface area contributed by atoms with Crippen molar-refractivity contribution < 1.29 is 9.53 Å². The highest BCUT2D eigenvalue weighted by Gasteiger charge is 2.05. The van der Waals surface area contributed by atoms with Crippen LogP contribution in [-0.2, 0) is 11.3 Å². The summed E-state index contributed by atoms with van der Waals surface area (Å²) in [7, 11) is 1.64. The average molecular weight is 250 g/mol. The maximum atomic E-state index is 11.7. The molecule has 1 rings (SSSR count). The Morgan fingerprint density at radius 2 is 2.06 bits per heavy atom. The second-order valence-electron chi connectivity index (χ2n) is 4.65. The number of hydrogen-bond donors (Lipinski definition) is 2. The number of carbonyl (C=O) groups is 1. The number of hydrogen-bond acceptors (Lipinski definition) is 2. The summed E-state index contributed by atoms with van der Waals surface area (Å²) >= 11 is 0. The molecule has 1 aromatic rings. The van der Waals surface area contributed by atoms with E-state index < -0.39 is 0 Å². The molecule has 1 aromatic carbocycles. The van der Waals surface area contributed by atoms with Gasteiger partial charge < -0.3 is 15.4 Å². The van der Waals surface area contributed by atoms with Gasteiger partial charge in [0.1, 0.15) is 0 Å². The first-order valence-corrected chi connectivity index (χ1v) is 6.25. The molecule has 0 heterocycles. The molecule has 0 aliphatic heterocycles. The number of methoxy groups -OCH3 is 1. The Labute approximate surface area is 109 Å². The average Bonchev–Trinajstić information content (AvgIpc) is 2.31. The van der Waals surface area contributed by atoms with Crippen molar-refractivity contribution in [2.45, 2.75) is 26.9 Å². The van der Waals surface area contributed by atoms with E-state index in [9.17, 15) is 4.79 Å². The number of nitrogens with one attached hydrogen (secondary N) is 2. The van der Waals surface area contributed by atoms with Gasteiger partial charge in [0.05, 0.1) is 6.61 Å². The molecule has 0 unspecified atom stereocenters. The smallest absolute Gasteiger partial charge is 0.319 e. The van der Waals surface area contributed by atoms with E-state index in [-0.39, 0.29) is 6.03 Å². The normalized spacial score (nSPS) is 10.4. The number of ether oxygens (including phenoxy) is 1. The fourth-order valence-electron chi connectivity index (χ4n) is 1.56. The molecular weight excluding hydrogens is 228 g/mol. The summed E-state index contributed by atoms with van der Waals surface area (Å²) in [5.74, 6) is 0.589. The lowest BCUT2D eigenvalue weighted by Gasteiger charge is -2.12. The molecule has 0 aromatic heterocycles. The summed E-state index contributed by atoms with van der Waals surface area (Å²) in [6, 6.07) is 7.46. The minimum Gasteiger partial charge on any atom is -0.380 e. The maximum Gasteiger partial charge on any atom is 0.319 e. The van der Waals surface area contributed by atoms with Crippen molar-refractivity contribution >= 4 is 11.7 Å². The molecule has 100 valence electrons. The van der Waals surface area contributed by atoms with Gasteiger partial charge in [-0.25, -0.2) is 4.79 Å². The van der Waals surface area contributed by atoms with Crippen LogP contribution in [-0.4, -0.2) is 19.7 Å². The fraction of sp³-hybridized carbons (Fsp3) is 0.500. The summed E-state index contributed by atoms with van der Waals surface area (Å²) in [6.07, 6.45) is 0.979. The molecule has 0 radical (unpaired) electrons. The quantitative estimate of drug-likeness (QED) is 0.815. The van der Waals surface area contributed by atoms with Crippen LogP contribution >= 0.6 is 0 Å². The van der Waals surface area contributed by atoms with Crippen LogP contribution in [0.15, 0.2) is 24.3 Å². The Morgan fingerprint density at radius 1 is 1.33 bits per heavy atom. The Morgan fingerprint density at radius 3 is 2.72 bits per heavy atom. The summed E-state index contributed by atoms with van der Waals surface area (Å²) < 4.78 is 5.09. The molecule has 0 saturated heterocycles. The van der Waals surface area contributed by atoms with E-state index in [0.29, 0.717) is 19.1 Å². The van der Waals surface area contributed by atoms with Gasteiger partial charge in [0.25, 0.3) is 0 Å². The third kappa shape index (κ3) is 5.19. The van der Waals surface area contributed by atoms with Crippen LogP contribution < -0.4 is 10.6 Å². The van der Waals surface area contributed by atoms with Crippen LogP contribution in [0.25, 0.3) is 0 Å². The highest BCUT2D eigenvalue weighted by molar-refractivity contribution is 5.90. The zero-order valence-electron chi connectivity index (χ0n) is 11.3. The van der Waals surface area contributed by atoms with E-state index in [1.165, 1.54) is 0 Å². The minimum absolute atomic E-state index is 0.167. The summed E-state index contributed by atoms with van der Waals surface area (Å²) in [5.41, 5.74) is 1.76.